The highest BCUT2D eigenvalue weighted by atomic mass is 79.9. The number of halogens is 1. The van der Waals surface area contributed by atoms with Gasteiger partial charge in [-0.1, -0.05) is 53.6 Å². The first-order chi connectivity index (χ1) is 28.1. The Balaban J connectivity index is 0.953. The van der Waals surface area contributed by atoms with Crippen LogP contribution in [0.15, 0.2) is 48.1 Å². The van der Waals surface area contributed by atoms with Crippen molar-refractivity contribution < 1.29 is 44.1 Å². The average molecular weight is 880 g/mol. The first-order valence-electron chi connectivity index (χ1n) is 21.4. The van der Waals surface area contributed by atoms with Gasteiger partial charge < -0.3 is 36.2 Å². The summed E-state index contributed by atoms with van der Waals surface area (Å²) in [6.07, 6.45) is 11.7. The predicted molar refractivity (Wildman–Crippen MR) is 223 cm³/mol. The summed E-state index contributed by atoms with van der Waals surface area (Å²) >= 11 is 3.01. The molecule has 1 saturated heterocycles. The van der Waals surface area contributed by atoms with Gasteiger partial charge >= 0.3 is 5.97 Å². The second kappa shape index (κ2) is 17.2. The van der Waals surface area contributed by atoms with E-state index in [1.54, 1.807) is 12.2 Å². The van der Waals surface area contributed by atoms with Crippen molar-refractivity contribution in [3.05, 3.63) is 53.6 Å². The Kier molecular flexibility index (Phi) is 12.6. The third-order valence-electron chi connectivity index (χ3n) is 15.5. The number of aliphatic hydroxyl groups is 2. The van der Waals surface area contributed by atoms with Crippen LogP contribution >= 0.6 is 15.9 Å². The van der Waals surface area contributed by atoms with E-state index >= 15 is 0 Å². The summed E-state index contributed by atoms with van der Waals surface area (Å²) in [6, 6.07) is 7.46. The number of carboxylic acid groups (broad SMARTS) is 1. The smallest absolute Gasteiger partial charge is 0.303 e. The number of ketones is 2. The van der Waals surface area contributed by atoms with Gasteiger partial charge in [0, 0.05) is 42.6 Å². The highest BCUT2D eigenvalue weighted by Crippen LogP contribution is 2.72. The van der Waals surface area contributed by atoms with Gasteiger partial charge in [-0.05, 0) is 123 Å². The zero-order valence-electron chi connectivity index (χ0n) is 34.1. The first kappa shape index (κ1) is 43.2. The predicted octanol–water partition coefficient (Wildman–Crippen LogP) is 3.64. The van der Waals surface area contributed by atoms with Crippen molar-refractivity contribution in [2.75, 3.05) is 36.5 Å². The van der Waals surface area contributed by atoms with Gasteiger partial charge in [0.25, 0.3) is 0 Å². The number of anilines is 1. The van der Waals surface area contributed by atoms with E-state index in [0.29, 0.717) is 25.4 Å². The summed E-state index contributed by atoms with van der Waals surface area (Å²) in [5, 5.41) is 39.7. The SMILES string of the molecule is C[C@]12C=CC(=O)C=C1CC[C@@H]1[C@@H]2[C@@H](O)C[C@@]2(C)[C@H]1C[C@H]1CN(c3ccc(CC4CCC(NC(=O)[C@H](CCC(=O)O)NC(=O)CNC(=O)CBr)CC4)cc3)C[C@]12C(=O)CO. The number of aliphatic hydroxyl groups excluding tert-OH is 2. The molecule has 3 amide bonds. The molecule has 0 bridgehead atoms. The molecule has 0 aromatic heterocycles. The lowest BCUT2D eigenvalue weighted by atomic mass is 9.44. The lowest BCUT2D eigenvalue weighted by Crippen LogP contribution is -2.60. The van der Waals surface area contributed by atoms with Crippen LogP contribution in [0.3, 0.4) is 0 Å². The maximum atomic E-state index is 14.1. The van der Waals surface area contributed by atoms with Gasteiger partial charge in [0.2, 0.25) is 17.7 Å². The first-order valence-corrected chi connectivity index (χ1v) is 22.5. The van der Waals surface area contributed by atoms with Crippen LogP contribution in [0.2, 0.25) is 0 Å². The Morgan fingerprint density at radius 3 is 2.42 bits per heavy atom. The molecule has 9 atom stereocenters. The Bertz CT molecular complexity index is 1890. The largest absolute Gasteiger partial charge is 0.481 e. The molecule has 320 valence electrons. The minimum atomic E-state index is -1.07. The van der Waals surface area contributed by atoms with Crippen LogP contribution in [-0.2, 0) is 35.2 Å². The van der Waals surface area contributed by atoms with Gasteiger partial charge in [-0.3, -0.25) is 28.8 Å². The molecule has 1 heterocycles. The Morgan fingerprint density at radius 1 is 1.02 bits per heavy atom. The summed E-state index contributed by atoms with van der Waals surface area (Å²) in [6.45, 7) is 4.76. The van der Waals surface area contributed by atoms with Crippen molar-refractivity contribution in [1.29, 1.82) is 0 Å². The zero-order valence-corrected chi connectivity index (χ0v) is 35.7. The van der Waals surface area contributed by atoms with Crippen molar-refractivity contribution in [3.8, 4) is 0 Å². The summed E-state index contributed by atoms with van der Waals surface area (Å²) in [7, 11) is 0. The maximum Gasteiger partial charge on any atom is 0.303 e. The third kappa shape index (κ3) is 8.17. The van der Waals surface area contributed by atoms with Gasteiger partial charge in [0.15, 0.2) is 11.6 Å². The number of nitrogens with one attached hydrogen (secondary N) is 3. The molecular formula is C45H59BrN4O9. The minimum absolute atomic E-state index is 0.0107. The van der Waals surface area contributed by atoms with Crippen molar-refractivity contribution in [1.82, 2.24) is 16.0 Å². The van der Waals surface area contributed by atoms with Crippen LogP contribution < -0.4 is 20.9 Å². The van der Waals surface area contributed by atoms with Crippen LogP contribution in [0.25, 0.3) is 0 Å². The van der Waals surface area contributed by atoms with E-state index in [1.165, 1.54) is 5.56 Å². The molecule has 7 rings (SSSR count). The highest BCUT2D eigenvalue weighted by Gasteiger charge is 2.73. The number of nitrogens with zero attached hydrogens (tertiary/aromatic N) is 1. The fraction of sp³-hybridized carbons (Fsp3) is 0.644. The van der Waals surface area contributed by atoms with Crippen molar-refractivity contribution >= 4 is 56.9 Å². The van der Waals surface area contributed by atoms with Gasteiger partial charge in [-0.2, -0.15) is 0 Å². The molecule has 6 aliphatic rings. The lowest BCUT2D eigenvalue weighted by Gasteiger charge is -2.60. The standard InChI is InChI=1S/C45H59BrN4O9/c1-43-16-15-32(52)18-28(43)7-12-33-34-19-29-23-50(25-45(29,37(54)24-51)44(34,2)20-36(53)41(33)43)31-10-5-27(6-11-31)17-26-3-8-30(9-4-26)48-42(59)35(13-14-40(57)58)49-39(56)22-47-38(55)21-46/h5-6,10-11,15-16,18,26,29-30,33-36,41,51,53H,3-4,7-9,12-14,17,19-25H2,1-2H3,(H,47,55)(H,48,59)(H,49,56)(H,57,58)/t26?,29-,30?,33-,34-,35-,36-,41+,43-,44-,45+/m0/s1. The number of Topliss-reactive ketones (excluding diaryl/α,β-unsaturated/α-hetero) is 1. The number of hydrogen-bond acceptors (Lipinski definition) is 9. The summed E-state index contributed by atoms with van der Waals surface area (Å²) in [5.74, 6) is -1.65. The molecule has 13 nitrogen and oxygen atoms in total. The number of carboxylic acids is 1. The van der Waals surface area contributed by atoms with E-state index < -0.39 is 47.4 Å². The van der Waals surface area contributed by atoms with Crippen LogP contribution in [0, 0.1) is 45.8 Å². The molecule has 4 saturated carbocycles. The molecule has 5 fully saturated rings. The number of fused-ring (bicyclic) bond motifs is 7. The average Bonchev–Trinajstić information content (AvgIpc) is 3.72. The Morgan fingerprint density at radius 2 is 1.75 bits per heavy atom. The number of rotatable bonds is 14. The quantitative estimate of drug-likeness (QED) is 0.150. The number of aliphatic carboxylic acids is 1. The molecule has 1 aromatic rings. The van der Waals surface area contributed by atoms with Gasteiger partial charge in [0.1, 0.15) is 12.6 Å². The van der Waals surface area contributed by atoms with E-state index in [-0.39, 0.29) is 77.3 Å². The zero-order chi connectivity index (χ0) is 42.3. The number of alkyl halides is 1. The van der Waals surface area contributed by atoms with Crippen LogP contribution in [-0.4, -0.2) is 100 Å². The monoisotopic (exact) mass is 878 g/mol. The van der Waals surface area contributed by atoms with Crippen molar-refractivity contribution in [2.24, 2.45) is 45.8 Å². The molecule has 0 radical (unpaired) electrons. The van der Waals surface area contributed by atoms with E-state index in [1.807, 2.05) is 6.08 Å². The topological polar surface area (TPSA) is 202 Å². The normalized spacial score (nSPS) is 35.0. The highest BCUT2D eigenvalue weighted by molar-refractivity contribution is 9.09. The number of carbonyl (C=O) groups is 6. The summed E-state index contributed by atoms with van der Waals surface area (Å²) in [4.78, 5) is 77.0. The van der Waals surface area contributed by atoms with E-state index in [2.05, 4.69) is 74.9 Å². The second-order valence-corrected chi connectivity index (χ2v) is 19.2. The summed E-state index contributed by atoms with van der Waals surface area (Å²) in [5.41, 5.74) is 1.73. The van der Waals surface area contributed by atoms with E-state index in [9.17, 15) is 44.1 Å². The number of carbonyl (C=O) groups excluding carboxylic acids is 5. The van der Waals surface area contributed by atoms with Crippen LogP contribution in [0.4, 0.5) is 5.69 Å². The summed E-state index contributed by atoms with van der Waals surface area (Å²) < 4.78 is 0. The second-order valence-electron chi connectivity index (χ2n) is 18.6. The minimum Gasteiger partial charge on any atom is -0.481 e. The molecule has 5 aliphatic carbocycles. The third-order valence-corrected chi connectivity index (χ3v) is 16.1. The fourth-order valence-electron chi connectivity index (χ4n) is 12.7. The lowest BCUT2D eigenvalue weighted by molar-refractivity contribution is -0.157. The van der Waals surface area contributed by atoms with E-state index in [0.717, 1.165) is 62.6 Å². The molecule has 6 N–H and O–H groups in total. The van der Waals surface area contributed by atoms with Crippen LogP contribution in [0.1, 0.15) is 83.6 Å². The van der Waals surface area contributed by atoms with Gasteiger partial charge in [-0.15, -0.1) is 0 Å². The molecule has 1 aromatic carbocycles. The number of amides is 3. The fourth-order valence-corrected chi connectivity index (χ4v) is 12.9. The Hall–Kier alpha value is -3.88. The molecule has 59 heavy (non-hydrogen) atoms. The Labute approximate surface area is 354 Å². The van der Waals surface area contributed by atoms with Gasteiger partial charge in [0.05, 0.1) is 23.4 Å². The number of benzene rings is 1. The van der Waals surface area contributed by atoms with Crippen molar-refractivity contribution in [3.63, 3.8) is 0 Å². The molecule has 0 unspecified atom stereocenters. The molecule has 0 spiro atoms. The molecular weight excluding hydrogens is 820 g/mol. The van der Waals surface area contributed by atoms with Crippen molar-refractivity contribution in [2.45, 2.75) is 103 Å². The maximum absolute atomic E-state index is 14.1. The van der Waals surface area contributed by atoms with Gasteiger partial charge in [-0.25, -0.2) is 0 Å². The molecule has 14 heteroatoms. The number of hydrogen-bond donors (Lipinski definition) is 6. The molecule has 1 aliphatic heterocycles. The van der Waals surface area contributed by atoms with Crippen LogP contribution in [0.5, 0.6) is 0 Å². The number of allylic oxidation sites excluding steroid dienone is 4. The van der Waals surface area contributed by atoms with E-state index in [4.69, 9.17) is 0 Å².